The van der Waals surface area contributed by atoms with Gasteiger partial charge in [-0.15, -0.1) is 0 Å². The van der Waals surface area contributed by atoms with Crippen molar-refractivity contribution < 1.29 is 9.90 Å². The molecule has 1 atom stereocenters. The molecule has 1 unspecified atom stereocenters. The lowest BCUT2D eigenvalue weighted by Gasteiger charge is -2.43. The van der Waals surface area contributed by atoms with Crippen LogP contribution in [0.3, 0.4) is 0 Å². The average molecular weight is 282 g/mol. The summed E-state index contributed by atoms with van der Waals surface area (Å²) in [5, 5.41) is 13.1. The maximum absolute atomic E-state index is 11.9. The van der Waals surface area contributed by atoms with Gasteiger partial charge in [-0.25, -0.2) is 0 Å². The maximum atomic E-state index is 11.9. The highest BCUT2D eigenvalue weighted by Gasteiger charge is 2.51. The fourth-order valence-corrected chi connectivity index (χ4v) is 3.50. The van der Waals surface area contributed by atoms with Crippen molar-refractivity contribution in [2.45, 2.75) is 58.4 Å². The molecule has 2 fully saturated rings. The van der Waals surface area contributed by atoms with Crippen LogP contribution in [-0.4, -0.2) is 47.7 Å². The zero-order chi connectivity index (χ0) is 14.8. The number of nitrogens with zero attached hydrogens (tertiary/aromatic N) is 1. The second kappa shape index (κ2) is 6.02. The largest absolute Gasteiger partial charge is 0.480 e. The van der Waals surface area contributed by atoms with Crippen LogP contribution in [0.4, 0.5) is 0 Å². The molecule has 1 aliphatic heterocycles. The Hall–Kier alpha value is -0.610. The van der Waals surface area contributed by atoms with Gasteiger partial charge in [-0.2, -0.15) is 0 Å². The number of carboxylic acids is 1. The first-order chi connectivity index (χ1) is 9.46. The number of rotatable bonds is 7. The van der Waals surface area contributed by atoms with Gasteiger partial charge in [0.25, 0.3) is 0 Å². The Balaban J connectivity index is 2.00. The minimum atomic E-state index is -0.714. The Kier molecular flexibility index (Phi) is 4.75. The van der Waals surface area contributed by atoms with Crippen molar-refractivity contribution in [2.24, 2.45) is 11.3 Å². The number of nitrogens with one attached hydrogen (secondary N) is 1. The van der Waals surface area contributed by atoms with E-state index < -0.39 is 11.5 Å². The standard InChI is InChI=1S/C16H30N2O2/c1-4-15(3)8-10-18(11-9-15)12-16(14(19)20,17-5-2)13-6-7-13/h13,17H,4-12H2,1-3H3,(H,19,20). The molecule has 0 radical (unpaired) electrons. The molecule has 4 nitrogen and oxygen atoms in total. The smallest absolute Gasteiger partial charge is 0.325 e. The van der Waals surface area contributed by atoms with Crippen LogP contribution in [0.25, 0.3) is 0 Å². The van der Waals surface area contributed by atoms with E-state index in [2.05, 4.69) is 24.1 Å². The molecule has 0 aromatic carbocycles. The van der Waals surface area contributed by atoms with Crippen LogP contribution in [0.1, 0.15) is 52.9 Å². The van der Waals surface area contributed by atoms with Crippen molar-refractivity contribution in [1.29, 1.82) is 0 Å². The monoisotopic (exact) mass is 282 g/mol. The van der Waals surface area contributed by atoms with E-state index in [9.17, 15) is 9.90 Å². The van der Waals surface area contributed by atoms with Crippen molar-refractivity contribution in [3.8, 4) is 0 Å². The minimum Gasteiger partial charge on any atom is -0.480 e. The highest BCUT2D eigenvalue weighted by atomic mass is 16.4. The van der Waals surface area contributed by atoms with Gasteiger partial charge in [-0.1, -0.05) is 27.2 Å². The van der Waals surface area contributed by atoms with Gasteiger partial charge in [0, 0.05) is 6.54 Å². The molecule has 1 heterocycles. The van der Waals surface area contributed by atoms with Gasteiger partial charge in [0.2, 0.25) is 0 Å². The normalized spacial score (nSPS) is 26.1. The molecule has 1 saturated heterocycles. The number of carboxylic acid groups (broad SMARTS) is 1. The predicted molar refractivity (Wildman–Crippen MR) is 80.8 cm³/mol. The van der Waals surface area contributed by atoms with Gasteiger partial charge in [0.1, 0.15) is 5.54 Å². The van der Waals surface area contributed by atoms with E-state index in [1.807, 2.05) is 6.92 Å². The highest BCUT2D eigenvalue weighted by molar-refractivity contribution is 5.80. The first-order valence-corrected chi connectivity index (χ1v) is 8.16. The Bertz CT molecular complexity index is 346. The second-order valence-electron chi connectivity index (χ2n) is 7.02. The molecule has 4 heteroatoms. The number of likely N-dealkylation sites (N-methyl/N-ethyl adjacent to an activating group) is 1. The minimum absolute atomic E-state index is 0.319. The Morgan fingerprint density at radius 1 is 1.35 bits per heavy atom. The van der Waals surface area contributed by atoms with Crippen LogP contribution in [0.15, 0.2) is 0 Å². The maximum Gasteiger partial charge on any atom is 0.325 e. The Labute approximate surface area is 122 Å². The van der Waals surface area contributed by atoms with Gasteiger partial charge in [0.05, 0.1) is 0 Å². The van der Waals surface area contributed by atoms with Crippen molar-refractivity contribution >= 4 is 5.97 Å². The lowest BCUT2D eigenvalue weighted by atomic mass is 9.77. The summed E-state index contributed by atoms with van der Waals surface area (Å²) in [6.45, 7) is 10.1. The molecule has 1 saturated carbocycles. The summed E-state index contributed by atoms with van der Waals surface area (Å²) < 4.78 is 0. The summed E-state index contributed by atoms with van der Waals surface area (Å²) in [6, 6.07) is 0. The van der Waals surface area contributed by atoms with Gasteiger partial charge in [-0.3, -0.25) is 4.79 Å². The average Bonchev–Trinajstić information content (AvgIpc) is 3.25. The molecule has 2 aliphatic rings. The van der Waals surface area contributed by atoms with Gasteiger partial charge in [0.15, 0.2) is 0 Å². The van der Waals surface area contributed by atoms with E-state index in [1.165, 1.54) is 19.3 Å². The molecule has 0 aromatic rings. The van der Waals surface area contributed by atoms with Gasteiger partial charge in [-0.05, 0) is 56.7 Å². The summed E-state index contributed by atoms with van der Waals surface area (Å²) in [7, 11) is 0. The summed E-state index contributed by atoms with van der Waals surface area (Å²) >= 11 is 0. The van der Waals surface area contributed by atoms with Crippen molar-refractivity contribution in [3.63, 3.8) is 0 Å². The molecule has 0 spiro atoms. The van der Waals surface area contributed by atoms with Crippen LogP contribution in [0, 0.1) is 11.3 Å². The van der Waals surface area contributed by atoms with Crippen LogP contribution in [0.2, 0.25) is 0 Å². The Morgan fingerprint density at radius 3 is 2.35 bits per heavy atom. The van der Waals surface area contributed by atoms with E-state index >= 15 is 0 Å². The number of carbonyl (C=O) groups is 1. The zero-order valence-electron chi connectivity index (χ0n) is 13.2. The molecule has 0 bridgehead atoms. The fourth-order valence-electron chi connectivity index (χ4n) is 3.50. The van der Waals surface area contributed by atoms with Crippen LogP contribution in [-0.2, 0) is 4.79 Å². The summed E-state index contributed by atoms with van der Waals surface area (Å²) in [5.74, 6) is -0.342. The third-order valence-corrected chi connectivity index (χ3v) is 5.54. The molecule has 20 heavy (non-hydrogen) atoms. The fraction of sp³-hybridized carbons (Fsp3) is 0.938. The lowest BCUT2D eigenvalue weighted by Crippen LogP contribution is -2.61. The second-order valence-corrected chi connectivity index (χ2v) is 7.02. The Morgan fingerprint density at radius 2 is 1.95 bits per heavy atom. The van der Waals surface area contributed by atoms with Crippen LogP contribution >= 0.6 is 0 Å². The van der Waals surface area contributed by atoms with Crippen LogP contribution < -0.4 is 5.32 Å². The van der Waals surface area contributed by atoms with Gasteiger partial charge >= 0.3 is 5.97 Å². The highest BCUT2D eigenvalue weighted by Crippen LogP contribution is 2.41. The SMILES string of the molecule is CCNC(CN1CCC(C)(CC)CC1)(C(=O)O)C1CC1. The molecule has 0 amide bonds. The molecular formula is C16H30N2O2. The van der Waals surface area contributed by atoms with E-state index in [4.69, 9.17) is 0 Å². The molecular weight excluding hydrogens is 252 g/mol. The predicted octanol–water partition coefficient (Wildman–Crippen LogP) is 2.34. The summed E-state index contributed by atoms with van der Waals surface area (Å²) in [4.78, 5) is 14.2. The lowest BCUT2D eigenvalue weighted by molar-refractivity contribution is -0.147. The van der Waals surface area contributed by atoms with Crippen molar-refractivity contribution in [2.75, 3.05) is 26.2 Å². The zero-order valence-corrected chi connectivity index (χ0v) is 13.2. The molecule has 2 N–H and O–H groups in total. The van der Waals surface area contributed by atoms with E-state index in [-0.39, 0.29) is 0 Å². The van der Waals surface area contributed by atoms with E-state index in [1.54, 1.807) is 0 Å². The number of aliphatic carboxylic acids is 1. The quantitative estimate of drug-likeness (QED) is 0.752. The van der Waals surface area contributed by atoms with Crippen LogP contribution in [0.5, 0.6) is 0 Å². The van der Waals surface area contributed by atoms with Crippen molar-refractivity contribution in [1.82, 2.24) is 10.2 Å². The summed E-state index contributed by atoms with van der Waals surface area (Å²) in [6.07, 6.45) is 5.71. The number of hydrogen-bond donors (Lipinski definition) is 2. The number of likely N-dealkylation sites (tertiary alicyclic amines) is 1. The first-order valence-electron chi connectivity index (χ1n) is 8.16. The molecule has 2 rings (SSSR count). The van der Waals surface area contributed by atoms with Gasteiger partial charge < -0.3 is 15.3 Å². The third kappa shape index (κ3) is 3.17. The number of hydrogen-bond acceptors (Lipinski definition) is 3. The first kappa shape index (κ1) is 15.8. The molecule has 0 aromatic heterocycles. The number of piperidine rings is 1. The third-order valence-electron chi connectivity index (χ3n) is 5.54. The summed E-state index contributed by atoms with van der Waals surface area (Å²) in [5.41, 5.74) is -0.255. The molecule has 1 aliphatic carbocycles. The molecule has 116 valence electrons. The topological polar surface area (TPSA) is 52.6 Å². The van der Waals surface area contributed by atoms with E-state index in [0.29, 0.717) is 17.9 Å². The van der Waals surface area contributed by atoms with E-state index in [0.717, 1.165) is 32.5 Å². The van der Waals surface area contributed by atoms with Crippen molar-refractivity contribution in [3.05, 3.63) is 0 Å².